The van der Waals surface area contributed by atoms with Crippen LogP contribution in [-0.2, 0) is 0 Å². The van der Waals surface area contributed by atoms with E-state index in [0.29, 0.717) is 34.6 Å². The highest BCUT2D eigenvalue weighted by atomic mass is 32.1. The first-order valence-corrected chi connectivity index (χ1v) is 10.0. The standard InChI is InChI=1S/C21H23N3O4S/c1-4-5-12-28-16-9-6-14(7-10-16)20(25)23-21-22-19(24-29-21)15-8-11-17(26-2)18(13-15)27-3/h6-11,13H,4-5,12H2,1-3H3,(H,22,23,24,25). The molecule has 7 nitrogen and oxygen atoms in total. The maximum atomic E-state index is 12.5. The normalized spacial score (nSPS) is 10.4. The molecule has 0 aliphatic rings. The third kappa shape index (κ3) is 5.23. The predicted octanol–water partition coefficient (Wildman–Crippen LogP) is 4.65. The Hall–Kier alpha value is -3.13. The molecule has 0 spiro atoms. The minimum absolute atomic E-state index is 0.250. The first kappa shape index (κ1) is 20.6. The molecular weight excluding hydrogens is 390 g/mol. The van der Waals surface area contributed by atoms with Crippen molar-refractivity contribution in [1.82, 2.24) is 9.36 Å². The van der Waals surface area contributed by atoms with Gasteiger partial charge in [-0.3, -0.25) is 10.1 Å². The number of aromatic nitrogens is 2. The van der Waals surface area contributed by atoms with Crippen molar-refractivity contribution in [3.05, 3.63) is 48.0 Å². The number of nitrogens with one attached hydrogen (secondary N) is 1. The van der Waals surface area contributed by atoms with E-state index in [9.17, 15) is 4.79 Å². The van der Waals surface area contributed by atoms with Crippen LogP contribution in [0.1, 0.15) is 30.1 Å². The monoisotopic (exact) mass is 413 g/mol. The zero-order valence-electron chi connectivity index (χ0n) is 16.6. The number of methoxy groups -OCH3 is 2. The summed E-state index contributed by atoms with van der Waals surface area (Å²) in [4.78, 5) is 16.9. The van der Waals surface area contributed by atoms with Gasteiger partial charge in [-0.25, -0.2) is 0 Å². The maximum Gasteiger partial charge on any atom is 0.257 e. The summed E-state index contributed by atoms with van der Waals surface area (Å²) in [5, 5.41) is 3.20. The number of unbranched alkanes of at least 4 members (excludes halogenated alkanes) is 1. The van der Waals surface area contributed by atoms with Crippen molar-refractivity contribution in [3.8, 4) is 28.6 Å². The Balaban J connectivity index is 1.66. The number of hydrogen-bond acceptors (Lipinski definition) is 7. The van der Waals surface area contributed by atoms with Gasteiger partial charge in [-0.1, -0.05) is 13.3 Å². The van der Waals surface area contributed by atoms with Crippen LogP contribution in [0.5, 0.6) is 17.2 Å². The molecule has 1 heterocycles. The number of nitrogens with zero attached hydrogens (tertiary/aromatic N) is 2. The van der Waals surface area contributed by atoms with E-state index in [0.717, 1.165) is 35.7 Å². The molecule has 3 rings (SSSR count). The lowest BCUT2D eigenvalue weighted by atomic mass is 10.2. The second-order valence-electron chi connectivity index (χ2n) is 6.17. The lowest BCUT2D eigenvalue weighted by Gasteiger charge is -2.07. The number of benzene rings is 2. The highest BCUT2D eigenvalue weighted by Crippen LogP contribution is 2.32. The Kier molecular flexibility index (Phi) is 7.02. The molecule has 1 N–H and O–H groups in total. The zero-order chi connectivity index (χ0) is 20.6. The van der Waals surface area contributed by atoms with Gasteiger partial charge >= 0.3 is 0 Å². The molecular formula is C21H23N3O4S. The molecule has 0 radical (unpaired) electrons. The molecule has 0 unspecified atom stereocenters. The number of carbonyl (C=O) groups excluding carboxylic acids is 1. The van der Waals surface area contributed by atoms with Crippen LogP contribution in [0.15, 0.2) is 42.5 Å². The number of ether oxygens (including phenoxy) is 3. The summed E-state index contributed by atoms with van der Waals surface area (Å²) >= 11 is 1.12. The fraction of sp³-hybridized carbons (Fsp3) is 0.286. The third-order valence-corrected chi connectivity index (χ3v) is 4.80. The van der Waals surface area contributed by atoms with Crippen LogP contribution >= 0.6 is 11.5 Å². The number of carbonyl (C=O) groups is 1. The minimum atomic E-state index is -0.250. The summed E-state index contributed by atoms with van der Waals surface area (Å²) in [6.45, 7) is 2.78. The summed E-state index contributed by atoms with van der Waals surface area (Å²) in [6.07, 6.45) is 2.08. The second-order valence-corrected chi connectivity index (χ2v) is 6.93. The van der Waals surface area contributed by atoms with E-state index in [2.05, 4.69) is 21.6 Å². The van der Waals surface area contributed by atoms with E-state index < -0.39 is 0 Å². The van der Waals surface area contributed by atoms with E-state index >= 15 is 0 Å². The molecule has 8 heteroatoms. The summed E-state index contributed by atoms with van der Waals surface area (Å²) in [5.41, 5.74) is 1.30. The molecule has 0 aliphatic heterocycles. The van der Waals surface area contributed by atoms with Crippen molar-refractivity contribution < 1.29 is 19.0 Å². The van der Waals surface area contributed by atoms with Gasteiger partial charge in [0.1, 0.15) is 5.75 Å². The Morgan fingerprint density at radius 2 is 1.83 bits per heavy atom. The average Bonchev–Trinajstić information content (AvgIpc) is 3.22. The minimum Gasteiger partial charge on any atom is -0.494 e. The first-order valence-electron chi connectivity index (χ1n) is 9.25. The van der Waals surface area contributed by atoms with Crippen molar-refractivity contribution in [1.29, 1.82) is 0 Å². The van der Waals surface area contributed by atoms with Crippen molar-refractivity contribution in [2.45, 2.75) is 19.8 Å². The van der Waals surface area contributed by atoms with Gasteiger partial charge in [0, 0.05) is 22.7 Å². The van der Waals surface area contributed by atoms with Crippen molar-refractivity contribution >= 4 is 22.6 Å². The summed E-state index contributed by atoms with van der Waals surface area (Å²) < 4.78 is 20.5. The Bertz CT molecular complexity index is 957. The Labute approximate surface area is 173 Å². The van der Waals surface area contributed by atoms with Crippen LogP contribution in [0, 0.1) is 0 Å². The quantitative estimate of drug-likeness (QED) is 0.514. The predicted molar refractivity (Wildman–Crippen MR) is 113 cm³/mol. The number of rotatable bonds is 9. The van der Waals surface area contributed by atoms with Crippen LogP contribution in [0.2, 0.25) is 0 Å². The van der Waals surface area contributed by atoms with Gasteiger partial charge in [0.2, 0.25) is 5.13 Å². The van der Waals surface area contributed by atoms with Crippen LogP contribution in [-0.4, -0.2) is 36.1 Å². The van der Waals surface area contributed by atoms with Crippen molar-refractivity contribution in [2.24, 2.45) is 0 Å². The van der Waals surface area contributed by atoms with Crippen LogP contribution in [0.3, 0.4) is 0 Å². The Morgan fingerprint density at radius 1 is 1.07 bits per heavy atom. The lowest BCUT2D eigenvalue weighted by Crippen LogP contribution is -2.11. The molecule has 1 amide bonds. The fourth-order valence-electron chi connectivity index (χ4n) is 2.57. The smallest absolute Gasteiger partial charge is 0.257 e. The number of amides is 1. The summed E-state index contributed by atoms with van der Waals surface area (Å²) in [5.74, 6) is 2.22. The van der Waals surface area contributed by atoms with Crippen LogP contribution in [0.4, 0.5) is 5.13 Å². The van der Waals surface area contributed by atoms with E-state index in [1.54, 1.807) is 50.6 Å². The van der Waals surface area contributed by atoms with Crippen molar-refractivity contribution in [3.63, 3.8) is 0 Å². The molecule has 0 saturated heterocycles. The maximum absolute atomic E-state index is 12.5. The highest BCUT2D eigenvalue weighted by Gasteiger charge is 2.13. The first-order chi connectivity index (χ1) is 14.1. The van der Waals surface area contributed by atoms with Crippen LogP contribution < -0.4 is 19.5 Å². The Morgan fingerprint density at radius 3 is 2.52 bits per heavy atom. The molecule has 152 valence electrons. The molecule has 0 atom stereocenters. The van der Waals surface area contributed by atoms with Gasteiger partial charge < -0.3 is 14.2 Å². The molecule has 2 aromatic carbocycles. The molecule has 0 fully saturated rings. The van der Waals surface area contributed by atoms with E-state index in [-0.39, 0.29) is 5.91 Å². The van der Waals surface area contributed by atoms with E-state index in [4.69, 9.17) is 14.2 Å². The van der Waals surface area contributed by atoms with Gasteiger partial charge in [-0.15, -0.1) is 0 Å². The number of anilines is 1. The van der Waals surface area contributed by atoms with Gasteiger partial charge in [0.05, 0.1) is 20.8 Å². The average molecular weight is 413 g/mol. The molecule has 29 heavy (non-hydrogen) atoms. The largest absolute Gasteiger partial charge is 0.494 e. The molecule has 0 bridgehead atoms. The van der Waals surface area contributed by atoms with E-state index in [1.165, 1.54) is 0 Å². The summed E-state index contributed by atoms with van der Waals surface area (Å²) in [7, 11) is 3.15. The lowest BCUT2D eigenvalue weighted by molar-refractivity contribution is 0.102. The van der Waals surface area contributed by atoms with Crippen molar-refractivity contribution in [2.75, 3.05) is 26.1 Å². The van der Waals surface area contributed by atoms with Gasteiger partial charge in [-0.05, 0) is 48.9 Å². The zero-order valence-corrected chi connectivity index (χ0v) is 17.4. The molecule has 3 aromatic rings. The molecule has 1 aromatic heterocycles. The van der Waals surface area contributed by atoms with Gasteiger partial charge in [-0.2, -0.15) is 9.36 Å². The second kappa shape index (κ2) is 9.88. The molecule has 0 aliphatic carbocycles. The third-order valence-electron chi connectivity index (χ3n) is 4.17. The summed E-state index contributed by atoms with van der Waals surface area (Å²) in [6, 6.07) is 12.5. The topological polar surface area (TPSA) is 82.6 Å². The number of hydrogen-bond donors (Lipinski definition) is 1. The van der Waals surface area contributed by atoms with Gasteiger partial charge in [0.25, 0.3) is 5.91 Å². The van der Waals surface area contributed by atoms with E-state index in [1.807, 2.05) is 6.07 Å². The van der Waals surface area contributed by atoms with Gasteiger partial charge in [0.15, 0.2) is 17.3 Å². The highest BCUT2D eigenvalue weighted by molar-refractivity contribution is 7.10. The fourth-order valence-corrected chi connectivity index (χ4v) is 3.16. The SMILES string of the molecule is CCCCOc1ccc(C(=O)Nc2nc(-c3ccc(OC)c(OC)c3)ns2)cc1. The molecule has 0 saturated carbocycles. The van der Waals surface area contributed by atoms with Crippen LogP contribution in [0.25, 0.3) is 11.4 Å².